The fourth-order valence-corrected chi connectivity index (χ4v) is 5.59. The van der Waals surface area contributed by atoms with Crippen LogP contribution >= 0.6 is 11.6 Å². The zero-order valence-corrected chi connectivity index (χ0v) is 18.1. The minimum absolute atomic E-state index is 0.107. The first kappa shape index (κ1) is 20.3. The molecule has 158 valence electrons. The van der Waals surface area contributed by atoms with Crippen LogP contribution in [0, 0.1) is 5.82 Å². The zero-order chi connectivity index (χ0) is 21.4. The summed E-state index contributed by atoms with van der Waals surface area (Å²) in [6.45, 7) is 0.587. The van der Waals surface area contributed by atoms with E-state index in [1.807, 2.05) is 59.5 Å². The van der Waals surface area contributed by atoms with E-state index in [0.29, 0.717) is 17.1 Å². The van der Waals surface area contributed by atoms with Crippen LogP contribution in [-0.2, 0) is 16.6 Å². The van der Waals surface area contributed by atoms with Crippen LogP contribution in [0.5, 0.6) is 0 Å². The second-order valence-electron chi connectivity index (χ2n) is 8.67. The van der Waals surface area contributed by atoms with E-state index >= 15 is 0 Å². The van der Waals surface area contributed by atoms with Crippen LogP contribution < -0.4 is 0 Å². The highest BCUT2D eigenvalue weighted by molar-refractivity contribution is 6.30. The smallest absolute Gasteiger partial charge is 0.234 e. The van der Waals surface area contributed by atoms with Gasteiger partial charge >= 0.3 is 0 Å². The average molecular weight is 434 g/mol. The molecule has 0 saturated heterocycles. The van der Waals surface area contributed by atoms with Crippen molar-refractivity contribution in [2.24, 2.45) is 0 Å². The van der Waals surface area contributed by atoms with Crippen molar-refractivity contribution in [1.29, 1.82) is 0 Å². The van der Waals surface area contributed by atoms with Crippen molar-refractivity contribution in [3.05, 3.63) is 106 Å². The van der Waals surface area contributed by atoms with Crippen LogP contribution in [0.15, 0.2) is 72.8 Å². The van der Waals surface area contributed by atoms with Crippen LogP contribution in [0.4, 0.5) is 4.39 Å². The number of hydrogen-bond acceptors (Lipinski definition) is 1. The van der Waals surface area contributed by atoms with E-state index < -0.39 is 11.5 Å². The third-order valence-electron chi connectivity index (χ3n) is 7.01. The van der Waals surface area contributed by atoms with Gasteiger partial charge in [0.15, 0.2) is 0 Å². The predicted octanol–water partition coefficient (Wildman–Crippen LogP) is 6.47. The van der Waals surface area contributed by atoms with Gasteiger partial charge in [-0.1, -0.05) is 79.0 Å². The Labute approximate surface area is 187 Å². The Bertz CT molecular complexity index is 1100. The minimum atomic E-state index is -0.569. The van der Waals surface area contributed by atoms with Crippen LogP contribution in [-0.4, -0.2) is 17.4 Å². The van der Waals surface area contributed by atoms with Crippen LogP contribution in [0.1, 0.15) is 54.0 Å². The Morgan fingerprint density at radius 1 is 0.903 bits per heavy atom. The fraction of sp³-hybridized carbons (Fsp3) is 0.296. The maximum Gasteiger partial charge on any atom is 0.234 e. The monoisotopic (exact) mass is 433 g/mol. The number of amides is 1. The number of carbonyl (C=O) groups is 1. The molecule has 1 aliphatic carbocycles. The molecule has 0 radical (unpaired) electrons. The van der Waals surface area contributed by atoms with E-state index in [1.165, 1.54) is 11.6 Å². The average Bonchev–Trinajstić information content (AvgIpc) is 3.30. The minimum Gasteiger partial charge on any atom is -0.330 e. The summed E-state index contributed by atoms with van der Waals surface area (Å²) in [6.07, 6.45) is 4.45. The summed E-state index contributed by atoms with van der Waals surface area (Å²) in [5, 5.41) is 0.667. The molecule has 0 bridgehead atoms. The second-order valence-corrected chi connectivity index (χ2v) is 9.10. The molecule has 1 amide bonds. The Morgan fingerprint density at radius 3 is 2.26 bits per heavy atom. The number of benzene rings is 3. The quantitative estimate of drug-likeness (QED) is 0.463. The fourth-order valence-electron chi connectivity index (χ4n) is 5.47. The van der Waals surface area contributed by atoms with E-state index in [1.54, 1.807) is 6.07 Å². The maximum atomic E-state index is 15.0. The predicted molar refractivity (Wildman–Crippen MR) is 122 cm³/mol. The molecule has 1 aliphatic heterocycles. The lowest BCUT2D eigenvalue weighted by molar-refractivity contribution is -0.139. The lowest BCUT2D eigenvalue weighted by atomic mass is 9.76. The van der Waals surface area contributed by atoms with Gasteiger partial charge in [0.05, 0.1) is 11.5 Å². The molecule has 1 atom stereocenters. The van der Waals surface area contributed by atoms with Crippen molar-refractivity contribution in [1.82, 2.24) is 4.90 Å². The molecule has 0 spiro atoms. The van der Waals surface area contributed by atoms with Gasteiger partial charge < -0.3 is 4.90 Å². The van der Waals surface area contributed by atoms with Crippen LogP contribution in [0.3, 0.4) is 0 Å². The van der Waals surface area contributed by atoms with Crippen molar-refractivity contribution in [3.8, 4) is 0 Å². The largest absolute Gasteiger partial charge is 0.330 e. The molecule has 0 aromatic heterocycles. The first-order valence-corrected chi connectivity index (χ1v) is 11.4. The summed E-state index contributed by atoms with van der Waals surface area (Å²) in [5.41, 5.74) is 3.22. The normalized spacial score (nSPS) is 19.8. The van der Waals surface area contributed by atoms with Crippen molar-refractivity contribution in [2.45, 2.75) is 43.6 Å². The lowest BCUT2D eigenvalue weighted by Crippen LogP contribution is -2.50. The van der Waals surface area contributed by atoms with E-state index in [-0.39, 0.29) is 11.7 Å². The van der Waals surface area contributed by atoms with Gasteiger partial charge in [-0.05, 0) is 54.2 Å². The van der Waals surface area contributed by atoms with Crippen LogP contribution in [0.25, 0.3) is 0 Å². The second kappa shape index (κ2) is 8.12. The number of fused-ring (bicyclic) bond motifs is 1. The third-order valence-corrected chi connectivity index (χ3v) is 7.26. The van der Waals surface area contributed by atoms with E-state index in [4.69, 9.17) is 11.6 Å². The molecule has 1 heterocycles. The molecule has 3 aromatic carbocycles. The van der Waals surface area contributed by atoms with Crippen molar-refractivity contribution in [3.63, 3.8) is 0 Å². The topological polar surface area (TPSA) is 20.3 Å². The number of halogens is 2. The standard InChI is InChI=1S/C27H25ClFNO/c28-21-13-11-20(12-14-21)27(16-5-6-17-27)26(31)30-18-15-19-7-1-2-8-22(19)25(30)23-9-3-4-10-24(23)29/h1-4,7-14,25H,5-6,15-18H2. The highest BCUT2D eigenvalue weighted by Crippen LogP contribution is 2.46. The number of hydrogen-bond donors (Lipinski definition) is 0. The molecule has 5 rings (SSSR count). The van der Waals surface area contributed by atoms with Crippen molar-refractivity contribution >= 4 is 17.5 Å². The third kappa shape index (κ3) is 3.45. The number of nitrogens with zero attached hydrogens (tertiary/aromatic N) is 1. The Morgan fingerprint density at radius 2 is 1.55 bits per heavy atom. The molecule has 3 aromatic rings. The van der Waals surface area contributed by atoms with E-state index in [0.717, 1.165) is 43.2 Å². The van der Waals surface area contributed by atoms with E-state index in [9.17, 15) is 9.18 Å². The molecule has 31 heavy (non-hydrogen) atoms. The Balaban J connectivity index is 1.63. The Kier molecular flexibility index (Phi) is 5.31. The summed E-state index contributed by atoms with van der Waals surface area (Å²) in [7, 11) is 0. The maximum absolute atomic E-state index is 15.0. The summed E-state index contributed by atoms with van der Waals surface area (Å²) in [5.74, 6) is -0.163. The molecule has 2 aliphatic rings. The summed E-state index contributed by atoms with van der Waals surface area (Å²) < 4.78 is 15.0. The van der Waals surface area contributed by atoms with Gasteiger partial charge in [-0.25, -0.2) is 4.39 Å². The highest BCUT2D eigenvalue weighted by Gasteiger charge is 2.47. The summed E-state index contributed by atoms with van der Waals surface area (Å²) in [4.78, 5) is 16.2. The number of rotatable bonds is 3. The van der Waals surface area contributed by atoms with E-state index in [2.05, 4.69) is 6.07 Å². The van der Waals surface area contributed by atoms with Gasteiger partial charge in [-0.3, -0.25) is 4.79 Å². The van der Waals surface area contributed by atoms with Crippen molar-refractivity contribution in [2.75, 3.05) is 6.54 Å². The first-order valence-electron chi connectivity index (χ1n) is 11.0. The molecule has 2 nitrogen and oxygen atoms in total. The molecule has 0 N–H and O–H groups in total. The highest BCUT2D eigenvalue weighted by atomic mass is 35.5. The molecule has 1 saturated carbocycles. The van der Waals surface area contributed by atoms with Gasteiger partial charge in [0.1, 0.15) is 5.82 Å². The van der Waals surface area contributed by atoms with Gasteiger partial charge in [0.25, 0.3) is 0 Å². The molecule has 1 fully saturated rings. The molecular weight excluding hydrogens is 409 g/mol. The zero-order valence-electron chi connectivity index (χ0n) is 17.4. The summed E-state index contributed by atoms with van der Waals surface area (Å²) >= 11 is 6.13. The molecular formula is C27H25ClFNO. The van der Waals surface area contributed by atoms with Gasteiger partial charge in [0.2, 0.25) is 5.91 Å². The SMILES string of the molecule is O=C(N1CCc2ccccc2C1c1ccccc1F)C1(c2ccc(Cl)cc2)CCCC1. The summed E-state index contributed by atoms with van der Waals surface area (Å²) in [6, 6.07) is 22.3. The number of carbonyl (C=O) groups excluding carboxylic acids is 1. The first-order chi connectivity index (χ1) is 15.1. The van der Waals surface area contributed by atoms with Gasteiger partial charge in [-0.2, -0.15) is 0 Å². The molecule has 4 heteroatoms. The Hall–Kier alpha value is -2.65. The van der Waals surface area contributed by atoms with Crippen LogP contribution in [0.2, 0.25) is 5.02 Å². The lowest BCUT2D eigenvalue weighted by Gasteiger charge is -2.43. The van der Waals surface area contributed by atoms with Gasteiger partial charge in [-0.15, -0.1) is 0 Å². The van der Waals surface area contributed by atoms with Crippen molar-refractivity contribution < 1.29 is 9.18 Å². The van der Waals surface area contributed by atoms with Gasteiger partial charge in [0, 0.05) is 17.1 Å². The molecule has 1 unspecified atom stereocenters.